The molecule has 0 bridgehead atoms. The molecule has 0 saturated carbocycles. The maximum absolute atomic E-state index is 13.1. The number of rotatable bonds is 7. The van der Waals surface area contributed by atoms with Crippen LogP contribution in [0.15, 0.2) is 53.3 Å². The Hall–Kier alpha value is -3.35. The molecule has 2 N–H and O–H groups in total. The number of hydrogen-bond acceptors (Lipinski definition) is 4. The zero-order valence-electron chi connectivity index (χ0n) is 14.8. The molecule has 0 fully saturated rings. The lowest BCUT2D eigenvalue weighted by Gasteiger charge is -2.08. The molecule has 6 nitrogen and oxygen atoms in total. The average Bonchev–Trinajstić information content (AvgIpc) is 2.66. The molecule has 0 aliphatic carbocycles. The Kier molecular flexibility index (Phi) is 5.71. The molecule has 0 atom stereocenters. The third-order valence-electron chi connectivity index (χ3n) is 4.01. The SMILES string of the molecule is COc1ccc2cc(CCNC(=O)COc3cccc(F)c3)c(=O)[nH]c2c1. The number of carbonyl (C=O) groups is 1. The highest BCUT2D eigenvalue weighted by Gasteiger charge is 2.07. The van der Waals surface area contributed by atoms with Crippen molar-refractivity contribution in [3.05, 3.63) is 70.3 Å². The van der Waals surface area contributed by atoms with Gasteiger partial charge in [-0.2, -0.15) is 0 Å². The van der Waals surface area contributed by atoms with E-state index in [2.05, 4.69) is 10.3 Å². The number of pyridine rings is 1. The van der Waals surface area contributed by atoms with E-state index in [1.54, 1.807) is 25.3 Å². The minimum absolute atomic E-state index is 0.207. The largest absolute Gasteiger partial charge is 0.497 e. The summed E-state index contributed by atoms with van der Waals surface area (Å²) in [6.45, 7) is 0.0629. The fourth-order valence-corrected chi connectivity index (χ4v) is 2.63. The van der Waals surface area contributed by atoms with Crippen molar-refractivity contribution < 1.29 is 18.7 Å². The van der Waals surface area contributed by atoms with Crippen LogP contribution >= 0.6 is 0 Å². The number of halogens is 1. The first-order valence-electron chi connectivity index (χ1n) is 8.40. The summed E-state index contributed by atoms with van der Waals surface area (Å²) in [5.74, 6) is 0.172. The zero-order valence-corrected chi connectivity index (χ0v) is 14.8. The van der Waals surface area contributed by atoms with Gasteiger partial charge in [0.2, 0.25) is 0 Å². The number of nitrogens with one attached hydrogen (secondary N) is 2. The van der Waals surface area contributed by atoms with Gasteiger partial charge in [0.05, 0.1) is 12.6 Å². The normalized spacial score (nSPS) is 10.6. The second-order valence-electron chi connectivity index (χ2n) is 5.92. The molecule has 1 heterocycles. The van der Waals surface area contributed by atoms with Crippen molar-refractivity contribution >= 4 is 16.8 Å². The molecule has 2 aromatic carbocycles. The second kappa shape index (κ2) is 8.35. The van der Waals surface area contributed by atoms with E-state index >= 15 is 0 Å². The Morgan fingerprint density at radius 3 is 2.78 bits per heavy atom. The number of fused-ring (bicyclic) bond motifs is 1. The number of amides is 1. The molecule has 3 aromatic rings. The van der Waals surface area contributed by atoms with Gasteiger partial charge in [0.15, 0.2) is 6.61 Å². The van der Waals surface area contributed by atoms with Crippen LogP contribution in [0.25, 0.3) is 10.9 Å². The Morgan fingerprint density at radius 1 is 1.15 bits per heavy atom. The topological polar surface area (TPSA) is 80.4 Å². The maximum atomic E-state index is 13.1. The summed E-state index contributed by atoms with van der Waals surface area (Å²) in [5.41, 5.74) is 1.05. The maximum Gasteiger partial charge on any atom is 0.257 e. The molecule has 1 amide bonds. The lowest BCUT2D eigenvalue weighted by atomic mass is 10.1. The van der Waals surface area contributed by atoms with Gasteiger partial charge >= 0.3 is 0 Å². The number of methoxy groups -OCH3 is 1. The van der Waals surface area contributed by atoms with Gasteiger partial charge in [0.25, 0.3) is 11.5 Å². The molecular formula is C20H19FN2O4. The number of carbonyl (C=O) groups excluding carboxylic acids is 1. The van der Waals surface area contributed by atoms with Crippen LogP contribution < -0.4 is 20.3 Å². The van der Waals surface area contributed by atoms with Crippen molar-refractivity contribution in [1.29, 1.82) is 0 Å². The lowest BCUT2D eigenvalue weighted by Crippen LogP contribution is -2.31. The standard InChI is InChI=1S/C20H19FN2O4/c1-26-16-6-5-13-9-14(20(25)23-18(13)11-16)7-8-22-19(24)12-27-17-4-2-3-15(21)10-17/h2-6,9-11H,7-8,12H2,1H3,(H,22,24)(H,23,25). The first-order chi connectivity index (χ1) is 13.0. The number of hydrogen-bond donors (Lipinski definition) is 2. The van der Waals surface area contributed by atoms with E-state index in [4.69, 9.17) is 9.47 Å². The average molecular weight is 370 g/mol. The summed E-state index contributed by atoms with van der Waals surface area (Å²) < 4.78 is 23.4. The highest BCUT2D eigenvalue weighted by molar-refractivity contribution is 5.80. The first-order valence-corrected chi connectivity index (χ1v) is 8.40. The van der Waals surface area contributed by atoms with Crippen LogP contribution in [0.1, 0.15) is 5.56 Å². The fraction of sp³-hybridized carbons (Fsp3) is 0.200. The molecule has 0 spiro atoms. The van der Waals surface area contributed by atoms with E-state index in [9.17, 15) is 14.0 Å². The van der Waals surface area contributed by atoms with Crippen LogP contribution in [0.2, 0.25) is 0 Å². The summed E-state index contributed by atoms with van der Waals surface area (Å²) in [4.78, 5) is 26.8. The monoisotopic (exact) mass is 370 g/mol. The van der Waals surface area contributed by atoms with Crippen LogP contribution in [-0.2, 0) is 11.2 Å². The summed E-state index contributed by atoms with van der Waals surface area (Å²) in [5, 5.41) is 3.56. The molecular weight excluding hydrogens is 351 g/mol. The molecule has 140 valence electrons. The number of aromatic amines is 1. The Morgan fingerprint density at radius 2 is 2.00 bits per heavy atom. The molecule has 3 rings (SSSR count). The van der Waals surface area contributed by atoms with Crippen molar-refractivity contribution in [2.24, 2.45) is 0 Å². The molecule has 0 aliphatic rings. The van der Waals surface area contributed by atoms with E-state index < -0.39 is 5.82 Å². The molecule has 1 aromatic heterocycles. The minimum Gasteiger partial charge on any atom is -0.497 e. The van der Waals surface area contributed by atoms with Gasteiger partial charge in [-0.05, 0) is 42.1 Å². The van der Waals surface area contributed by atoms with Crippen LogP contribution in [0, 0.1) is 5.82 Å². The molecule has 0 unspecified atom stereocenters. The molecule has 0 aliphatic heterocycles. The predicted octanol–water partition coefficient (Wildman–Crippen LogP) is 2.41. The van der Waals surface area contributed by atoms with Gasteiger partial charge in [0.1, 0.15) is 17.3 Å². The van der Waals surface area contributed by atoms with Gasteiger partial charge in [-0.15, -0.1) is 0 Å². The van der Waals surface area contributed by atoms with Gasteiger partial charge in [-0.25, -0.2) is 4.39 Å². The van der Waals surface area contributed by atoms with E-state index in [0.29, 0.717) is 23.3 Å². The predicted molar refractivity (Wildman–Crippen MR) is 99.7 cm³/mol. The van der Waals surface area contributed by atoms with Crippen molar-refractivity contribution in [3.63, 3.8) is 0 Å². The molecule has 27 heavy (non-hydrogen) atoms. The minimum atomic E-state index is -0.430. The summed E-state index contributed by atoms with van der Waals surface area (Å²) in [6, 6.07) is 12.8. The number of H-pyrrole nitrogens is 1. The fourth-order valence-electron chi connectivity index (χ4n) is 2.63. The van der Waals surface area contributed by atoms with Crippen molar-refractivity contribution in [2.45, 2.75) is 6.42 Å². The van der Waals surface area contributed by atoms with Gasteiger partial charge in [0, 0.05) is 24.2 Å². The van der Waals surface area contributed by atoms with Crippen LogP contribution in [-0.4, -0.2) is 31.2 Å². The van der Waals surface area contributed by atoms with Gasteiger partial charge < -0.3 is 19.8 Å². The highest BCUT2D eigenvalue weighted by atomic mass is 19.1. The Bertz CT molecular complexity index is 1020. The first kappa shape index (κ1) is 18.4. The van der Waals surface area contributed by atoms with Crippen molar-refractivity contribution in [3.8, 4) is 11.5 Å². The van der Waals surface area contributed by atoms with Crippen molar-refractivity contribution in [2.75, 3.05) is 20.3 Å². The lowest BCUT2D eigenvalue weighted by molar-refractivity contribution is -0.123. The quantitative estimate of drug-likeness (QED) is 0.669. The Labute approximate surface area is 154 Å². The van der Waals surface area contributed by atoms with E-state index in [1.807, 2.05) is 12.1 Å². The second-order valence-corrected chi connectivity index (χ2v) is 5.92. The molecule has 0 radical (unpaired) electrons. The van der Waals surface area contributed by atoms with E-state index in [0.717, 1.165) is 5.39 Å². The van der Waals surface area contributed by atoms with Gasteiger partial charge in [-0.1, -0.05) is 6.07 Å². The zero-order chi connectivity index (χ0) is 19.2. The summed E-state index contributed by atoms with van der Waals surface area (Å²) in [6.07, 6.45) is 0.378. The third kappa shape index (κ3) is 4.84. The van der Waals surface area contributed by atoms with E-state index in [1.165, 1.54) is 18.2 Å². The molecule has 7 heteroatoms. The van der Waals surface area contributed by atoms with Crippen molar-refractivity contribution in [1.82, 2.24) is 10.3 Å². The van der Waals surface area contributed by atoms with Crippen LogP contribution in [0.3, 0.4) is 0 Å². The third-order valence-corrected chi connectivity index (χ3v) is 4.01. The van der Waals surface area contributed by atoms with Crippen LogP contribution in [0.4, 0.5) is 4.39 Å². The smallest absolute Gasteiger partial charge is 0.257 e. The number of benzene rings is 2. The number of ether oxygens (including phenoxy) is 2. The summed E-state index contributed by atoms with van der Waals surface area (Å²) >= 11 is 0. The molecule has 0 saturated heterocycles. The van der Waals surface area contributed by atoms with E-state index in [-0.39, 0.29) is 30.4 Å². The van der Waals surface area contributed by atoms with Gasteiger partial charge in [-0.3, -0.25) is 9.59 Å². The number of aromatic nitrogens is 1. The summed E-state index contributed by atoms with van der Waals surface area (Å²) in [7, 11) is 1.56. The van der Waals surface area contributed by atoms with Crippen LogP contribution in [0.5, 0.6) is 11.5 Å². The highest BCUT2D eigenvalue weighted by Crippen LogP contribution is 2.18. The Balaban J connectivity index is 1.54.